The third-order valence-electron chi connectivity index (χ3n) is 2.42. The Bertz CT molecular complexity index is 496. The van der Waals surface area contributed by atoms with E-state index in [-0.39, 0.29) is 5.75 Å². The summed E-state index contributed by atoms with van der Waals surface area (Å²) >= 11 is 5.70. The molecule has 0 aliphatic rings. The van der Waals surface area contributed by atoms with Crippen molar-refractivity contribution in [2.75, 3.05) is 11.1 Å². The molecule has 0 aliphatic carbocycles. The smallest absolute Gasteiger partial charge is 0.242 e. The van der Waals surface area contributed by atoms with Crippen LogP contribution in [-0.4, -0.2) is 25.3 Å². The molecular formula is C11H14ClNO3S. The van der Waals surface area contributed by atoms with Crippen molar-refractivity contribution in [2.24, 2.45) is 0 Å². The summed E-state index contributed by atoms with van der Waals surface area (Å²) in [6, 6.07) is 6.48. The Kier molecular flexibility index (Phi) is 4.54. The van der Waals surface area contributed by atoms with Crippen LogP contribution in [0.3, 0.4) is 0 Å². The van der Waals surface area contributed by atoms with Crippen molar-refractivity contribution < 1.29 is 13.2 Å². The van der Waals surface area contributed by atoms with Crippen LogP contribution in [0.1, 0.15) is 13.8 Å². The number of hydrogen-bond donors (Lipinski definition) is 1. The summed E-state index contributed by atoms with van der Waals surface area (Å²) in [6.07, 6.45) is 0. The number of anilines is 1. The summed E-state index contributed by atoms with van der Waals surface area (Å²) in [6.45, 7) is 2.89. The summed E-state index contributed by atoms with van der Waals surface area (Å²) in [5, 5.41) is 2.03. The molecule has 1 atom stereocenters. The molecule has 1 aromatic rings. The minimum Gasteiger partial charge on any atom is -0.325 e. The average Bonchev–Trinajstić information content (AvgIpc) is 2.31. The molecule has 4 nitrogen and oxygen atoms in total. The van der Waals surface area contributed by atoms with E-state index in [0.29, 0.717) is 10.7 Å². The lowest BCUT2D eigenvalue weighted by Crippen LogP contribution is -2.33. The van der Waals surface area contributed by atoms with Crippen LogP contribution < -0.4 is 5.32 Å². The van der Waals surface area contributed by atoms with Crippen LogP contribution in [0.2, 0.25) is 5.02 Å². The van der Waals surface area contributed by atoms with Crippen LogP contribution in [0.5, 0.6) is 0 Å². The number of hydrogen-bond acceptors (Lipinski definition) is 3. The predicted octanol–water partition coefficient (Wildman–Crippen LogP) is 2.10. The molecule has 0 spiro atoms. The molecule has 0 saturated heterocycles. The third-order valence-corrected chi connectivity index (χ3v) is 4.77. The molecule has 0 saturated carbocycles. The molecule has 94 valence electrons. The fourth-order valence-corrected chi connectivity index (χ4v) is 2.20. The van der Waals surface area contributed by atoms with Crippen LogP contribution >= 0.6 is 11.6 Å². The van der Waals surface area contributed by atoms with Gasteiger partial charge in [0.1, 0.15) is 5.25 Å². The Hall–Kier alpha value is -1.07. The first-order chi connectivity index (χ1) is 7.86. The second-order valence-electron chi connectivity index (χ2n) is 3.59. The van der Waals surface area contributed by atoms with Crippen molar-refractivity contribution in [3.05, 3.63) is 29.3 Å². The summed E-state index contributed by atoms with van der Waals surface area (Å²) in [5.41, 5.74) is 0.526. The van der Waals surface area contributed by atoms with E-state index >= 15 is 0 Å². The molecule has 1 unspecified atom stereocenters. The Morgan fingerprint density at radius 1 is 1.35 bits per heavy atom. The van der Waals surface area contributed by atoms with Crippen molar-refractivity contribution in [3.63, 3.8) is 0 Å². The number of carbonyl (C=O) groups is 1. The van der Waals surface area contributed by atoms with Gasteiger partial charge in [-0.25, -0.2) is 8.42 Å². The average molecular weight is 276 g/mol. The fourth-order valence-electron chi connectivity index (χ4n) is 1.19. The Labute approximate surface area is 106 Å². The molecule has 17 heavy (non-hydrogen) atoms. The SMILES string of the molecule is CCS(=O)(=O)C(C)C(=O)Nc1ccc(Cl)cc1. The van der Waals surface area contributed by atoms with Gasteiger partial charge in [-0.05, 0) is 31.2 Å². The third kappa shape index (κ3) is 3.71. The van der Waals surface area contributed by atoms with E-state index in [0.717, 1.165) is 0 Å². The largest absolute Gasteiger partial charge is 0.325 e. The summed E-state index contributed by atoms with van der Waals surface area (Å²) in [4.78, 5) is 11.7. The highest BCUT2D eigenvalue weighted by atomic mass is 35.5. The van der Waals surface area contributed by atoms with Crippen LogP contribution in [0.25, 0.3) is 0 Å². The second kappa shape index (κ2) is 5.51. The first-order valence-electron chi connectivity index (χ1n) is 5.15. The highest BCUT2D eigenvalue weighted by Gasteiger charge is 2.26. The maximum absolute atomic E-state index is 11.7. The summed E-state index contributed by atoms with van der Waals surface area (Å²) in [5.74, 6) is -0.587. The highest BCUT2D eigenvalue weighted by molar-refractivity contribution is 7.92. The monoisotopic (exact) mass is 275 g/mol. The zero-order valence-electron chi connectivity index (χ0n) is 9.60. The van der Waals surface area contributed by atoms with Gasteiger partial charge in [-0.15, -0.1) is 0 Å². The van der Waals surface area contributed by atoms with E-state index in [4.69, 9.17) is 11.6 Å². The van der Waals surface area contributed by atoms with E-state index in [9.17, 15) is 13.2 Å². The topological polar surface area (TPSA) is 63.2 Å². The molecule has 1 aromatic carbocycles. The maximum atomic E-state index is 11.7. The Morgan fingerprint density at radius 2 is 1.88 bits per heavy atom. The highest BCUT2D eigenvalue weighted by Crippen LogP contribution is 2.14. The zero-order valence-corrected chi connectivity index (χ0v) is 11.2. The van der Waals surface area contributed by atoms with Gasteiger partial charge < -0.3 is 5.32 Å². The minimum absolute atomic E-state index is 0.0534. The minimum atomic E-state index is -3.36. The number of halogens is 1. The summed E-state index contributed by atoms with van der Waals surface area (Å²) < 4.78 is 23.0. The molecule has 0 aliphatic heterocycles. The van der Waals surface area contributed by atoms with Gasteiger partial charge in [-0.3, -0.25) is 4.79 Å². The molecule has 0 radical (unpaired) electrons. The number of amides is 1. The van der Waals surface area contributed by atoms with E-state index in [2.05, 4.69) is 5.32 Å². The van der Waals surface area contributed by atoms with Gasteiger partial charge in [0.2, 0.25) is 5.91 Å². The second-order valence-corrected chi connectivity index (χ2v) is 6.64. The maximum Gasteiger partial charge on any atom is 0.242 e. The molecule has 0 fully saturated rings. The van der Waals surface area contributed by atoms with Gasteiger partial charge >= 0.3 is 0 Å². The van der Waals surface area contributed by atoms with Crippen LogP contribution in [-0.2, 0) is 14.6 Å². The predicted molar refractivity (Wildman–Crippen MR) is 69.0 cm³/mol. The van der Waals surface area contributed by atoms with Crippen molar-refractivity contribution in [3.8, 4) is 0 Å². The van der Waals surface area contributed by atoms with E-state index in [1.165, 1.54) is 13.8 Å². The van der Waals surface area contributed by atoms with Crippen molar-refractivity contribution >= 4 is 33.0 Å². The number of carbonyl (C=O) groups excluding carboxylic acids is 1. The molecule has 1 N–H and O–H groups in total. The first-order valence-corrected chi connectivity index (χ1v) is 7.24. The van der Waals surface area contributed by atoms with Gasteiger partial charge in [0.15, 0.2) is 9.84 Å². The lowest BCUT2D eigenvalue weighted by Gasteiger charge is -2.11. The lowest BCUT2D eigenvalue weighted by molar-refractivity contribution is -0.115. The molecule has 0 aromatic heterocycles. The van der Waals surface area contributed by atoms with E-state index < -0.39 is 21.0 Å². The standard InChI is InChI=1S/C11H14ClNO3S/c1-3-17(15,16)8(2)11(14)13-10-6-4-9(12)5-7-10/h4-8H,3H2,1-2H3,(H,13,14). The molecule has 6 heteroatoms. The molecule has 1 rings (SSSR count). The van der Waals surface area contributed by atoms with Gasteiger partial charge in [0, 0.05) is 16.5 Å². The lowest BCUT2D eigenvalue weighted by atomic mass is 10.3. The van der Waals surface area contributed by atoms with Crippen molar-refractivity contribution in [1.29, 1.82) is 0 Å². The molecule has 1 amide bonds. The molecule has 0 heterocycles. The van der Waals surface area contributed by atoms with Crippen LogP contribution in [0, 0.1) is 0 Å². The van der Waals surface area contributed by atoms with Crippen LogP contribution in [0.4, 0.5) is 5.69 Å². The van der Waals surface area contributed by atoms with E-state index in [1.807, 2.05) is 0 Å². The van der Waals surface area contributed by atoms with Gasteiger partial charge in [0.25, 0.3) is 0 Å². The number of rotatable bonds is 4. The zero-order chi connectivity index (χ0) is 13.1. The van der Waals surface area contributed by atoms with Gasteiger partial charge in [-0.2, -0.15) is 0 Å². The van der Waals surface area contributed by atoms with Gasteiger partial charge in [0.05, 0.1) is 0 Å². The quantitative estimate of drug-likeness (QED) is 0.915. The van der Waals surface area contributed by atoms with Crippen molar-refractivity contribution in [2.45, 2.75) is 19.1 Å². The van der Waals surface area contributed by atoms with Crippen molar-refractivity contribution in [1.82, 2.24) is 0 Å². The Balaban J connectivity index is 2.76. The molecule has 0 bridgehead atoms. The van der Waals surface area contributed by atoms with E-state index in [1.54, 1.807) is 24.3 Å². The number of benzene rings is 1. The fraction of sp³-hybridized carbons (Fsp3) is 0.364. The number of sulfone groups is 1. The normalized spacial score (nSPS) is 13.1. The van der Waals surface area contributed by atoms with Gasteiger partial charge in [-0.1, -0.05) is 18.5 Å². The first kappa shape index (κ1) is 14.0. The number of nitrogens with one attached hydrogen (secondary N) is 1. The van der Waals surface area contributed by atoms with Crippen LogP contribution in [0.15, 0.2) is 24.3 Å². The Morgan fingerprint density at radius 3 is 2.35 bits per heavy atom. The molecular weight excluding hydrogens is 262 g/mol. The summed E-state index contributed by atoms with van der Waals surface area (Å²) in [7, 11) is -3.36.